The molecule has 1 aromatic carbocycles. The molecule has 6 heteroatoms. The second-order valence-electron chi connectivity index (χ2n) is 4.08. The first-order valence-corrected chi connectivity index (χ1v) is 5.72. The minimum absolute atomic E-state index is 0.175. The summed E-state index contributed by atoms with van der Waals surface area (Å²) in [6.07, 6.45) is 1.52. The molecular weight excluding hydrogens is 254 g/mol. The quantitative estimate of drug-likeness (QED) is 0.720. The van der Waals surface area contributed by atoms with Gasteiger partial charge in [0, 0.05) is 17.8 Å². The molecule has 0 saturated heterocycles. The molecule has 3 rings (SSSR count). The van der Waals surface area contributed by atoms with Crippen LogP contribution < -0.4 is 0 Å². The Balaban J connectivity index is 2.31. The van der Waals surface area contributed by atoms with Crippen molar-refractivity contribution < 1.29 is 5.11 Å². The molecular formula is C14H7N5O. The standard InChI is InChI=1S/C14H7N5O/c15-7-9-2-1-3-10(6-9)13-11(8-16)14-17-12(20)4-5-19(14)18-13/h1-6H,(H,17,20). The summed E-state index contributed by atoms with van der Waals surface area (Å²) in [6, 6.07) is 12.3. The summed E-state index contributed by atoms with van der Waals surface area (Å²) in [7, 11) is 0. The molecule has 2 heterocycles. The maximum absolute atomic E-state index is 9.41. The molecule has 0 aliphatic carbocycles. The highest BCUT2D eigenvalue weighted by Crippen LogP contribution is 2.26. The van der Waals surface area contributed by atoms with Crippen LogP contribution in [0.4, 0.5) is 0 Å². The summed E-state index contributed by atoms with van der Waals surface area (Å²) in [5, 5.41) is 31.9. The van der Waals surface area contributed by atoms with Crippen LogP contribution in [0.15, 0.2) is 36.5 Å². The third-order valence-electron chi connectivity index (χ3n) is 2.85. The number of nitrogens with zero attached hydrogens (tertiary/aromatic N) is 5. The van der Waals surface area contributed by atoms with Gasteiger partial charge in [0.05, 0.1) is 11.6 Å². The molecule has 1 N–H and O–H groups in total. The Morgan fingerprint density at radius 2 is 2.00 bits per heavy atom. The van der Waals surface area contributed by atoms with Gasteiger partial charge in [0.15, 0.2) is 5.65 Å². The summed E-state index contributed by atoms with van der Waals surface area (Å²) in [6.45, 7) is 0. The molecule has 0 bridgehead atoms. The minimum atomic E-state index is -0.175. The number of aromatic hydroxyl groups is 1. The third kappa shape index (κ3) is 1.73. The first-order chi connectivity index (χ1) is 9.72. The lowest BCUT2D eigenvalue weighted by Crippen LogP contribution is -1.88. The summed E-state index contributed by atoms with van der Waals surface area (Å²) in [5.74, 6) is -0.175. The fraction of sp³-hybridized carbons (Fsp3) is 0. The second-order valence-corrected chi connectivity index (χ2v) is 4.08. The van der Waals surface area contributed by atoms with Gasteiger partial charge in [-0.3, -0.25) is 0 Å². The van der Waals surface area contributed by atoms with E-state index in [-0.39, 0.29) is 17.1 Å². The van der Waals surface area contributed by atoms with Gasteiger partial charge in [0.1, 0.15) is 17.3 Å². The van der Waals surface area contributed by atoms with Gasteiger partial charge in [0.2, 0.25) is 5.88 Å². The molecule has 0 aliphatic rings. The van der Waals surface area contributed by atoms with Crippen LogP contribution in [0.5, 0.6) is 5.88 Å². The Labute approximate surface area is 113 Å². The SMILES string of the molecule is N#Cc1cccc(-c2nn3ccc(O)nc3c2C#N)c1. The van der Waals surface area contributed by atoms with E-state index in [0.29, 0.717) is 16.8 Å². The largest absolute Gasteiger partial charge is 0.493 e. The van der Waals surface area contributed by atoms with Crippen LogP contribution in [-0.4, -0.2) is 19.7 Å². The zero-order chi connectivity index (χ0) is 14.1. The fourth-order valence-corrected chi connectivity index (χ4v) is 1.96. The molecule has 94 valence electrons. The van der Waals surface area contributed by atoms with Crippen molar-refractivity contribution in [2.24, 2.45) is 0 Å². The van der Waals surface area contributed by atoms with E-state index in [9.17, 15) is 10.4 Å². The van der Waals surface area contributed by atoms with E-state index in [2.05, 4.69) is 10.1 Å². The number of fused-ring (bicyclic) bond motifs is 1. The van der Waals surface area contributed by atoms with Crippen LogP contribution in [0.1, 0.15) is 11.1 Å². The maximum Gasteiger partial charge on any atom is 0.214 e. The summed E-state index contributed by atoms with van der Waals surface area (Å²) < 4.78 is 1.42. The van der Waals surface area contributed by atoms with E-state index >= 15 is 0 Å². The van der Waals surface area contributed by atoms with Gasteiger partial charge < -0.3 is 5.11 Å². The van der Waals surface area contributed by atoms with Gasteiger partial charge in [0.25, 0.3) is 0 Å². The Morgan fingerprint density at radius 1 is 1.15 bits per heavy atom. The lowest BCUT2D eigenvalue weighted by Gasteiger charge is -1.97. The zero-order valence-electron chi connectivity index (χ0n) is 10.1. The highest BCUT2D eigenvalue weighted by molar-refractivity contribution is 5.75. The number of aromatic nitrogens is 3. The topological polar surface area (TPSA) is 98.0 Å². The summed E-state index contributed by atoms with van der Waals surface area (Å²) in [5.41, 5.74) is 2.12. The van der Waals surface area contributed by atoms with Crippen molar-refractivity contribution >= 4 is 5.65 Å². The number of benzene rings is 1. The van der Waals surface area contributed by atoms with Gasteiger partial charge in [-0.15, -0.1) is 0 Å². The lowest BCUT2D eigenvalue weighted by atomic mass is 10.1. The molecule has 0 aliphatic heterocycles. The highest BCUT2D eigenvalue weighted by atomic mass is 16.3. The molecule has 0 atom stereocenters. The number of hydrogen-bond donors (Lipinski definition) is 1. The number of rotatable bonds is 1. The molecule has 0 unspecified atom stereocenters. The molecule has 0 radical (unpaired) electrons. The van der Waals surface area contributed by atoms with Gasteiger partial charge in [-0.1, -0.05) is 12.1 Å². The number of hydrogen-bond acceptors (Lipinski definition) is 5. The Kier molecular flexibility index (Phi) is 2.56. The van der Waals surface area contributed by atoms with Crippen molar-refractivity contribution in [1.29, 1.82) is 10.5 Å². The highest BCUT2D eigenvalue weighted by Gasteiger charge is 2.16. The fourth-order valence-electron chi connectivity index (χ4n) is 1.96. The van der Waals surface area contributed by atoms with Gasteiger partial charge >= 0.3 is 0 Å². The molecule has 6 nitrogen and oxygen atoms in total. The molecule has 0 saturated carbocycles. The maximum atomic E-state index is 9.41. The van der Waals surface area contributed by atoms with Crippen LogP contribution >= 0.6 is 0 Å². The Hall–Kier alpha value is -3.38. The van der Waals surface area contributed by atoms with Gasteiger partial charge in [-0.25, -0.2) is 4.52 Å². The van der Waals surface area contributed by atoms with Gasteiger partial charge in [-0.2, -0.15) is 20.6 Å². The van der Waals surface area contributed by atoms with Crippen molar-refractivity contribution in [1.82, 2.24) is 14.6 Å². The molecule has 20 heavy (non-hydrogen) atoms. The molecule has 2 aromatic heterocycles. The number of nitriles is 2. The van der Waals surface area contributed by atoms with Crippen molar-refractivity contribution in [2.45, 2.75) is 0 Å². The Bertz CT molecular complexity index is 898. The Morgan fingerprint density at radius 3 is 2.75 bits per heavy atom. The van der Waals surface area contributed by atoms with Crippen molar-refractivity contribution in [2.75, 3.05) is 0 Å². The van der Waals surface area contributed by atoms with E-state index in [0.717, 1.165) is 0 Å². The molecule has 0 amide bonds. The molecule has 3 aromatic rings. The van der Waals surface area contributed by atoms with Crippen molar-refractivity contribution in [3.05, 3.63) is 47.7 Å². The van der Waals surface area contributed by atoms with Crippen molar-refractivity contribution in [3.63, 3.8) is 0 Å². The van der Waals surface area contributed by atoms with E-state index in [1.54, 1.807) is 24.3 Å². The lowest BCUT2D eigenvalue weighted by molar-refractivity contribution is 0.453. The zero-order valence-corrected chi connectivity index (χ0v) is 10.1. The average Bonchev–Trinajstić information content (AvgIpc) is 2.85. The van der Waals surface area contributed by atoms with Gasteiger partial charge in [-0.05, 0) is 12.1 Å². The smallest absolute Gasteiger partial charge is 0.214 e. The minimum Gasteiger partial charge on any atom is -0.493 e. The van der Waals surface area contributed by atoms with Crippen LogP contribution in [0.2, 0.25) is 0 Å². The van der Waals surface area contributed by atoms with E-state index in [1.165, 1.54) is 16.8 Å². The van der Waals surface area contributed by atoms with E-state index < -0.39 is 0 Å². The normalized spacial score (nSPS) is 10.1. The van der Waals surface area contributed by atoms with E-state index in [1.807, 2.05) is 12.1 Å². The van der Waals surface area contributed by atoms with Crippen LogP contribution in [0, 0.1) is 22.7 Å². The van der Waals surface area contributed by atoms with Crippen LogP contribution in [0.3, 0.4) is 0 Å². The molecule has 0 spiro atoms. The van der Waals surface area contributed by atoms with Crippen LogP contribution in [-0.2, 0) is 0 Å². The predicted octanol–water partition coefficient (Wildman–Crippen LogP) is 1.85. The first-order valence-electron chi connectivity index (χ1n) is 5.72. The van der Waals surface area contributed by atoms with E-state index in [4.69, 9.17) is 5.26 Å². The monoisotopic (exact) mass is 261 g/mol. The predicted molar refractivity (Wildman–Crippen MR) is 69.5 cm³/mol. The summed E-state index contributed by atoms with van der Waals surface area (Å²) >= 11 is 0. The van der Waals surface area contributed by atoms with Crippen LogP contribution in [0.25, 0.3) is 16.9 Å². The molecule has 0 fully saturated rings. The third-order valence-corrected chi connectivity index (χ3v) is 2.85. The van der Waals surface area contributed by atoms with Crippen molar-refractivity contribution in [3.8, 4) is 29.3 Å². The summed E-state index contributed by atoms with van der Waals surface area (Å²) in [4.78, 5) is 3.90. The second kappa shape index (κ2) is 4.38. The average molecular weight is 261 g/mol. The first kappa shape index (κ1) is 11.7.